The minimum absolute atomic E-state index is 0. The molecule has 0 atom stereocenters. The molecular weight excluding hydrogens is 1130 g/mol. The predicted octanol–water partition coefficient (Wildman–Crippen LogP) is 31.1. The van der Waals surface area contributed by atoms with Gasteiger partial charge in [-0.1, -0.05) is 388 Å². The number of rotatable bonds is 62. The van der Waals surface area contributed by atoms with Crippen molar-refractivity contribution in [3.63, 3.8) is 0 Å². The summed E-state index contributed by atoms with van der Waals surface area (Å²) in [6, 6.07) is 14.1. The van der Waals surface area contributed by atoms with Crippen molar-refractivity contribution in [2.24, 2.45) is 0 Å². The van der Waals surface area contributed by atoms with E-state index < -0.39 is 0 Å². The van der Waals surface area contributed by atoms with E-state index in [1.54, 1.807) is 0 Å². The first-order valence-electron chi connectivity index (χ1n) is 40.6. The van der Waals surface area contributed by atoms with Gasteiger partial charge in [0.15, 0.2) is 0 Å². The molecule has 0 saturated carbocycles. The fraction of sp³-hybridized carbons (Fsp3) is 0.793. The van der Waals surface area contributed by atoms with Gasteiger partial charge in [-0.3, -0.25) is 0 Å². The molecule has 0 unspecified atom stereocenters. The summed E-state index contributed by atoms with van der Waals surface area (Å²) in [6.07, 6.45) is 88.2. The van der Waals surface area contributed by atoms with Crippen LogP contribution in [0, 0.1) is 13.8 Å². The monoisotopic (exact) mass is 1290 g/mol. The van der Waals surface area contributed by atoms with Crippen molar-refractivity contribution >= 4 is 11.4 Å². The second-order valence-corrected chi connectivity index (χ2v) is 28.3. The molecule has 1 aliphatic heterocycles. The van der Waals surface area contributed by atoms with Crippen LogP contribution < -0.4 is 0 Å². The molecule has 2 nitrogen and oxygen atoms in total. The topological polar surface area (TPSA) is 25.3 Å². The maximum Gasteiger partial charge on any atom is 2.00 e. The van der Waals surface area contributed by atoms with Gasteiger partial charge in [0.2, 0.25) is 11.4 Å². The van der Waals surface area contributed by atoms with Gasteiger partial charge in [0.1, 0.15) is 0 Å². The Morgan fingerprint density at radius 1 is 0.267 bits per heavy atom. The second-order valence-electron chi connectivity index (χ2n) is 28.3. The second kappa shape index (κ2) is 68.4. The van der Waals surface area contributed by atoms with Crippen molar-refractivity contribution in [3.05, 3.63) is 101 Å². The van der Waals surface area contributed by atoms with Crippen LogP contribution in [0.3, 0.4) is 0 Å². The van der Waals surface area contributed by atoms with Crippen LogP contribution in [-0.4, -0.2) is 4.70 Å². The van der Waals surface area contributed by atoms with Gasteiger partial charge in [0.25, 0.3) is 0 Å². The van der Waals surface area contributed by atoms with E-state index in [2.05, 4.69) is 105 Å². The molecule has 3 heteroatoms. The summed E-state index contributed by atoms with van der Waals surface area (Å²) in [5, 5.41) is 0. The molecule has 2 aromatic carbocycles. The van der Waals surface area contributed by atoms with E-state index in [1.807, 2.05) is 0 Å². The largest absolute Gasteiger partial charge is 2.00 e. The predicted molar refractivity (Wildman–Crippen MR) is 404 cm³/mol. The van der Waals surface area contributed by atoms with Crippen molar-refractivity contribution in [2.45, 2.75) is 447 Å². The molecule has 0 spiro atoms. The molecule has 90 heavy (non-hydrogen) atoms. The number of aryl methyl sites for hydroxylation is 4. The summed E-state index contributed by atoms with van der Waals surface area (Å²) >= 11 is 0. The Morgan fingerprint density at radius 3 is 0.700 bits per heavy atom. The molecule has 524 valence electrons. The number of hydrogen-bond acceptors (Lipinski definition) is 0. The van der Waals surface area contributed by atoms with E-state index >= 15 is 0 Å². The zero-order valence-electron chi connectivity index (χ0n) is 62.0. The first-order chi connectivity index (χ1) is 43.8. The van der Waals surface area contributed by atoms with Crippen LogP contribution in [-0.2, 0) is 42.2 Å². The molecule has 3 rings (SSSR count). The smallest absolute Gasteiger partial charge is 0.493 e. The van der Waals surface area contributed by atoms with Gasteiger partial charge in [0.05, 0.1) is 0 Å². The van der Waals surface area contributed by atoms with Crippen LogP contribution >= 0.6 is 0 Å². The molecule has 1 aliphatic rings. The summed E-state index contributed by atoms with van der Waals surface area (Å²) in [7, 11) is 0. The molecule has 0 aromatic heterocycles. The molecule has 0 bridgehead atoms. The Hall–Kier alpha value is -1.99. The minimum Gasteiger partial charge on any atom is -0.493 e. The van der Waals surface area contributed by atoms with E-state index in [9.17, 15) is 5.53 Å². The van der Waals surface area contributed by atoms with Gasteiger partial charge in [-0.25, -0.2) is 4.70 Å². The third-order valence-corrected chi connectivity index (χ3v) is 19.3. The number of hydrogen-bond donors (Lipinski definition) is 0. The summed E-state index contributed by atoms with van der Waals surface area (Å²) in [6.45, 7) is 23.6. The quantitative estimate of drug-likeness (QED) is 0.0273. The van der Waals surface area contributed by atoms with Crippen molar-refractivity contribution < 1.29 is 21.2 Å². The number of benzene rings is 2. The van der Waals surface area contributed by atoms with E-state index in [1.165, 1.54) is 387 Å². The molecule has 0 aliphatic carbocycles. The molecule has 1 heterocycles. The fourth-order valence-electron chi connectivity index (χ4n) is 13.4. The van der Waals surface area contributed by atoms with Crippen LogP contribution in [0.25, 0.3) is 16.9 Å². The molecule has 0 saturated heterocycles. The summed E-state index contributed by atoms with van der Waals surface area (Å²) in [5.41, 5.74) is 22.6. The summed E-state index contributed by atoms with van der Waals surface area (Å²) in [5.74, 6) is 0. The molecular formula is C87H156N2Ni. The number of nitrogens with zero attached hydrogens (tertiary/aromatic N) is 2. The number of allylic oxidation sites excluding steroid dienone is 2. The summed E-state index contributed by atoms with van der Waals surface area (Å²) < 4.78 is 1.48. The number of unbranched alkanes of at least 4 members (excludes halogenated alkanes) is 52. The SMILES string of the molecule is CCCCCCc1cc(CCCCCC)cc(C2=C(C)C=C(c3cc(CCCC)cc(CCCC)c3)[N+]2=[N-])c1.[CH2-]CCCCCCCCCCCCCCCCCCCCCCCC.[CH2-]CCCCCCCCCCCCCCCCCCCCCCCC.[Ni+2]. The van der Waals surface area contributed by atoms with Gasteiger partial charge in [-0.15, -0.1) is 0 Å². The normalized spacial score (nSPS) is 12.1. The average molecular weight is 1290 g/mol. The van der Waals surface area contributed by atoms with Crippen LogP contribution in [0.2, 0.25) is 0 Å². The molecule has 0 fully saturated rings. The van der Waals surface area contributed by atoms with E-state index in [4.69, 9.17) is 0 Å². The van der Waals surface area contributed by atoms with Crippen LogP contribution in [0.1, 0.15) is 454 Å². The van der Waals surface area contributed by atoms with Crippen LogP contribution in [0.5, 0.6) is 0 Å². The third kappa shape index (κ3) is 51.4. The fourth-order valence-corrected chi connectivity index (χ4v) is 13.4. The first kappa shape index (κ1) is 88.0. The van der Waals surface area contributed by atoms with Gasteiger partial charge in [0, 0.05) is 22.8 Å². The van der Waals surface area contributed by atoms with Crippen LogP contribution in [0.4, 0.5) is 0 Å². The first-order valence-corrected chi connectivity index (χ1v) is 40.6. The van der Waals surface area contributed by atoms with E-state index in [0.29, 0.717) is 0 Å². The summed E-state index contributed by atoms with van der Waals surface area (Å²) in [4.78, 5) is 0. The molecule has 2 aromatic rings. The van der Waals surface area contributed by atoms with Crippen molar-refractivity contribution in [2.75, 3.05) is 0 Å². The Morgan fingerprint density at radius 2 is 0.467 bits per heavy atom. The zero-order valence-corrected chi connectivity index (χ0v) is 63.0. The van der Waals surface area contributed by atoms with Crippen molar-refractivity contribution in [1.29, 1.82) is 0 Å². The Labute approximate surface area is 576 Å². The Kier molecular flexibility index (Phi) is 66.9. The molecule has 0 N–H and O–H groups in total. The standard InChI is InChI=1S/C37H54N2.2C25H51.Ni/c1-6-10-14-16-20-32-24-33(21-17-15-11-7-2)28-35(27-32)37-29(5)22-36(39(37)38)34-25-30(18-12-8-3)23-31(26-34)19-13-9-4;2*1-3-5-7-9-11-13-15-17-19-21-23-25-24-22-20-18-16-14-12-10-8-6-4-2;/h22-28H,6-21H2,1-5H3;2*1,3-25H2,2H3;/q;2*-1;+2. The minimum atomic E-state index is 0. The van der Waals surface area contributed by atoms with Crippen molar-refractivity contribution in [1.82, 2.24) is 0 Å². The molecule has 0 amide bonds. The zero-order chi connectivity index (χ0) is 64.6. The van der Waals surface area contributed by atoms with Gasteiger partial charge in [-0.05, 0) is 105 Å². The van der Waals surface area contributed by atoms with Gasteiger partial charge >= 0.3 is 16.5 Å². The van der Waals surface area contributed by atoms with E-state index in [0.717, 1.165) is 66.6 Å². The van der Waals surface area contributed by atoms with E-state index in [-0.39, 0.29) is 16.5 Å². The third-order valence-electron chi connectivity index (χ3n) is 19.3. The van der Waals surface area contributed by atoms with Crippen LogP contribution in [0.15, 0.2) is 48.0 Å². The van der Waals surface area contributed by atoms with Gasteiger partial charge in [-0.2, -0.15) is 12.8 Å². The average Bonchev–Trinajstić information content (AvgIpc) is 1.73. The van der Waals surface area contributed by atoms with Crippen molar-refractivity contribution in [3.8, 4) is 0 Å². The Balaban J connectivity index is 0.00000137. The molecule has 0 radical (unpaired) electrons. The maximum atomic E-state index is 11.6. The van der Waals surface area contributed by atoms with Gasteiger partial charge < -0.3 is 19.4 Å². The maximum absolute atomic E-state index is 11.6. The Bertz CT molecular complexity index is 1760.